The van der Waals surface area contributed by atoms with Crippen LogP contribution in [0.4, 0.5) is 0 Å². The van der Waals surface area contributed by atoms with Crippen molar-refractivity contribution in [2.24, 2.45) is 16.3 Å². The lowest BCUT2D eigenvalue weighted by molar-refractivity contribution is -0.147. The first-order chi connectivity index (χ1) is 17.2. The molecule has 0 spiro atoms. The summed E-state index contributed by atoms with van der Waals surface area (Å²) in [7, 11) is 3.13. The van der Waals surface area contributed by atoms with E-state index in [-0.39, 0.29) is 24.4 Å². The average Bonchev–Trinajstić information content (AvgIpc) is 2.85. The largest absolute Gasteiger partial charge is 0.493 e. The molecule has 0 N–H and O–H groups in total. The maximum Gasteiger partial charge on any atom is 0.315 e. The van der Waals surface area contributed by atoms with Crippen LogP contribution >= 0.6 is 0 Å². The second-order valence-electron chi connectivity index (χ2n) is 9.95. The van der Waals surface area contributed by atoms with Gasteiger partial charge in [-0.25, -0.2) is 0 Å². The van der Waals surface area contributed by atoms with Crippen molar-refractivity contribution in [2.75, 3.05) is 27.4 Å². The van der Waals surface area contributed by atoms with Gasteiger partial charge in [0.25, 0.3) is 0 Å². The van der Waals surface area contributed by atoms with Crippen molar-refractivity contribution < 1.29 is 28.5 Å². The molecule has 1 aliphatic carbocycles. The predicted molar refractivity (Wildman–Crippen MR) is 137 cm³/mol. The lowest BCUT2D eigenvalue weighted by Crippen LogP contribution is -2.39. The molecule has 1 unspecified atom stereocenters. The Kier molecular flexibility index (Phi) is 7.48. The Balaban J connectivity index is 1.64. The molecule has 7 heteroatoms. The summed E-state index contributed by atoms with van der Waals surface area (Å²) in [5.74, 6) is 0.137. The minimum absolute atomic E-state index is 0.0162. The molecular weight excluding hydrogens is 458 g/mol. The predicted octanol–water partition coefficient (Wildman–Crippen LogP) is 5.14. The van der Waals surface area contributed by atoms with Gasteiger partial charge < -0.3 is 18.9 Å². The van der Waals surface area contributed by atoms with Crippen molar-refractivity contribution in [3.63, 3.8) is 0 Å². The number of carbonyl (C=O) groups is 2. The van der Waals surface area contributed by atoms with Crippen LogP contribution in [0, 0.1) is 11.3 Å². The van der Waals surface area contributed by atoms with Crippen LogP contribution in [0.25, 0.3) is 0 Å². The van der Waals surface area contributed by atoms with E-state index in [2.05, 4.69) is 13.8 Å². The van der Waals surface area contributed by atoms with E-state index in [0.29, 0.717) is 41.4 Å². The highest BCUT2D eigenvalue weighted by atomic mass is 16.6. The van der Waals surface area contributed by atoms with Crippen molar-refractivity contribution in [2.45, 2.75) is 39.5 Å². The number of benzene rings is 2. The molecule has 0 bridgehead atoms. The van der Waals surface area contributed by atoms with Crippen molar-refractivity contribution in [1.29, 1.82) is 0 Å². The second-order valence-corrected chi connectivity index (χ2v) is 9.95. The molecule has 2 aromatic carbocycles. The van der Waals surface area contributed by atoms with E-state index >= 15 is 0 Å². The standard InChI is InChI=1S/C29H33NO6/c1-18-25(28(32)36-14-13-35-20-9-7-6-8-10-20)26(19-11-12-23(33-4)24(15-19)34-5)27-21(30-18)16-29(2,3)17-22(27)31/h6-12,15,25-26H,13-14,16-17H2,1-5H3/t25?,26-/m1/s1. The minimum Gasteiger partial charge on any atom is -0.493 e. The Hall–Kier alpha value is -3.61. The van der Waals surface area contributed by atoms with Gasteiger partial charge in [0.05, 0.1) is 14.2 Å². The molecule has 2 atom stereocenters. The number of esters is 1. The molecule has 190 valence electrons. The number of para-hydroxylation sites is 1. The summed E-state index contributed by atoms with van der Waals surface area (Å²) >= 11 is 0. The van der Waals surface area contributed by atoms with E-state index in [1.54, 1.807) is 20.3 Å². The number of ketones is 1. The Labute approximate surface area is 212 Å². The lowest BCUT2D eigenvalue weighted by Gasteiger charge is -2.39. The van der Waals surface area contributed by atoms with E-state index < -0.39 is 17.8 Å². The summed E-state index contributed by atoms with van der Waals surface area (Å²) in [4.78, 5) is 31.7. The monoisotopic (exact) mass is 491 g/mol. The third-order valence-electron chi connectivity index (χ3n) is 6.66. The average molecular weight is 492 g/mol. The SMILES string of the molecule is COc1ccc([C@H]2C3=C(CC(C)(C)CC3=O)N=C(C)C2C(=O)OCCOc2ccccc2)cc1OC. The number of hydrogen-bond donors (Lipinski definition) is 0. The Morgan fingerprint density at radius 3 is 2.42 bits per heavy atom. The van der Waals surface area contributed by atoms with Crippen molar-refractivity contribution >= 4 is 17.5 Å². The molecule has 2 aromatic rings. The van der Waals surface area contributed by atoms with Crippen molar-refractivity contribution in [1.82, 2.24) is 0 Å². The van der Waals surface area contributed by atoms with E-state index in [9.17, 15) is 9.59 Å². The smallest absolute Gasteiger partial charge is 0.315 e. The third-order valence-corrected chi connectivity index (χ3v) is 6.66. The Bertz CT molecular complexity index is 1200. The number of Topliss-reactive ketones (excluding diaryl/α,β-unsaturated/α-hetero) is 1. The van der Waals surface area contributed by atoms with Crippen molar-refractivity contribution in [3.8, 4) is 17.2 Å². The summed E-state index contributed by atoms with van der Waals surface area (Å²) in [6.45, 7) is 6.27. The lowest BCUT2D eigenvalue weighted by atomic mass is 9.67. The topological polar surface area (TPSA) is 83.4 Å². The summed E-state index contributed by atoms with van der Waals surface area (Å²) in [6.07, 6.45) is 1.07. The minimum atomic E-state index is -0.733. The maximum atomic E-state index is 13.4. The van der Waals surface area contributed by atoms with Crippen LogP contribution in [0.3, 0.4) is 0 Å². The van der Waals surface area contributed by atoms with E-state index in [4.69, 9.17) is 23.9 Å². The number of nitrogens with zero attached hydrogens (tertiary/aromatic N) is 1. The van der Waals surface area contributed by atoms with E-state index in [0.717, 1.165) is 11.3 Å². The van der Waals surface area contributed by atoms with Gasteiger partial charge in [0, 0.05) is 29.3 Å². The molecule has 0 saturated carbocycles. The number of allylic oxidation sites excluding steroid dienone is 2. The zero-order chi connectivity index (χ0) is 25.9. The first-order valence-corrected chi connectivity index (χ1v) is 12.1. The fourth-order valence-electron chi connectivity index (χ4n) is 5.07. The highest BCUT2D eigenvalue weighted by Gasteiger charge is 2.46. The Morgan fingerprint density at radius 2 is 1.72 bits per heavy atom. The van der Waals surface area contributed by atoms with Crippen LogP contribution in [0.5, 0.6) is 17.2 Å². The fourth-order valence-corrected chi connectivity index (χ4v) is 5.07. The van der Waals surface area contributed by atoms with Crippen LogP contribution in [0.15, 0.2) is 64.8 Å². The second kappa shape index (κ2) is 10.6. The van der Waals surface area contributed by atoms with Gasteiger partial charge in [-0.3, -0.25) is 14.6 Å². The molecule has 0 aromatic heterocycles. The molecule has 0 saturated heterocycles. The number of rotatable bonds is 8. The zero-order valence-corrected chi connectivity index (χ0v) is 21.5. The molecule has 36 heavy (non-hydrogen) atoms. The molecule has 1 aliphatic heterocycles. The van der Waals surface area contributed by atoms with Gasteiger partial charge in [0.2, 0.25) is 0 Å². The summed E-state index contributed by atoms with van der Waals surface area (Å²) < 4.78 is 22.2. The highest BCUT2D eigenvalue weighted by Crippen LogP contribution is 2.48. The van der Waals surface area contributed by atoms with Crippen LogP contribution < -0.4 is 14.2 Å². The molecule has 0 amide bonds. The molecule has 1 heterocycles. The van der Waals surface area contributed by atoms with E-state index in [1.807, 2.05) is 49.4 Å². The summed E-state index contributed by atoms with van der Waals surface area (Å²) in [6, 6.07) is 14.9. The number of methoxy groups -OCH3 is 2. The third kappa shape index (κ3) is 5.30. The molecule has 0 fully saturated rings. The number of ether oxygens (including phenoxy) is 4. The first kappa shape index (κ1) is 25.5. The quantitative estimate of drug-likeness (QED) is 0.375. The van der Waals surface area contributed by atoms with Gasteiger partial charge in [-0.1, -0.05) is 38.1 Å². The number of carbonyl (C=O) groups excluding carboxylic acids is 2. The van der Waals surface area contributed by atoms with Gasteiger partial charge in [-0.2, -0.15) is 0 Å². The van der Waals surface area contributed by atoms with Gasteiger partial charge in [0.1, 0.15) is 24.9 Å². The summed E-state index contributed by atoms with van der Waals surface area (Å²) in [5.41, 5.74) is 2.57. The van der Waals surface area contributed by atoms with Crippen LogP contribution in [-0.4, -0.2) is 44.9 Å². The van der Waals surface area contributed by atoms with Gasteiger partial charge in [-0.15, -0.1) is 0 Å². The Morgan fingerprint density at radius 1 is 1.00 bits per heavy atom. The zero-order valence-electron chi connectivity index (χ0n) is 21.5. The number of hydrogen-bond acceptors (Lipinski definition) is 7. The van der Waals surface area contributed by atoms with Crippen molar-refractivity contribution in [3.05, 3.63) is 65.4 Å². The molecule has 0 radical (unpaired) electrons. The van der Waals surface area contributed by atoms with Gasteiger partial charge >= 0.3 is 5.97 Å². The molecule has 4 rings (SSSR count). The fraction of sp³-hybridized carbons (Fsp3) is 0.414. The van der Waals surface area contributed by atoms with E-state index in [1.165, 1.54) is 0 Å². The molecule has 2 aliphatic rings. The summed E-state index contributed by atoms with van der Waals surface area (Å²) in [5, 5.41) is 0. The van der Waals surface area contributed by atoms with Gasteiger partial charge in [-0.05, 0) is 48.6 Å². The number of aliphatic imine (C=N–C) groups is 1. The normalized spacial score (nSPS) is 20.8. The first-order valence-electron chi connectivity index (χ1n) is 12.1. The van der Waals surface area contributed by atoms with Gasteiger partial charge in [0.15, 0.2) is 17.3 Å². The molecular formula is C29H33NO6. The van der Waals surface area contributed by atoms with Crippen LogP contribution in [-0.2, 0) is 14.3 Å². The van der Waals surface area contributed by atoms with Crippen LogP contribution in [0.1, 0.15) is 45.1 Å². The molecule has 7 nitrogen and oxygen atoms in total. The van der Waals surface area contributed by atoms with Crippen LogP contribution in [0.2, 0.25) is 0 Å². The maximum absolute atomic E-state index is 13.4. The highest BCUT2D eigenvalue weighted by molar-refractivity contribution is 6.09.